The summed E-state index contributed by atoms with van der Waals surface area (Å²) in [6, 6.07) is 25.4. The number of hydrogen-bond acceptors (Lipinski definition) is 10. The number of imidazole rings is 2. The summed E-state index contributed by atoms with van der Waals surface area (Å²) < 4.78 is 36.7. The molecule has 3 atom stereocenters. The molecule has 4 heterocycles. The van der Waals surface area contributed by atoms with Gasteiger partial charge in [0.2, 0.25) is 0 Å². The van der Waals surface area contributed by atoms with E-state index >= 15 is 0 Å². The first-order chi connectivity index (χ1) is 25.2. The van der Waals surface area contributed by atoms with E-state index in [0.29, 0.717) is 17.1 Å². The van der Waals surface area contributed by atoms with Crippen LogP contribution in [0.4, 0.5) is 0 Å². The van der Waals surface area contributed by atoms with Crippen LogP contribution in [0.25, 0.3) is 0 Å². The maximum Gasteiger partial charge on any atom is 0.330 e. The molecule has 0 saturated carbocycles. The van der Waals surface area contributed by atoms with Gasteiger partial charge in [0.25, 0.3) is 12.1 Å². The zero-order valence-corrected chi connectivity index (χ0v) is 30.4. The van der Waals surface area contributed by atoms with Gasteiger partial charge in [-0.25, -0.2) is 14.8 Å². The van der Waals surface area contributed by atoms with Gasteiger partial charge < -0.3 is 23.5 Å². The minimum absolute atomic E-state index is 0.00833. The van der Waals surface area contributed by atoms with Crippen molar-refractivity contribution in [3.05, 3.63) is 166 Å². The van der Waals surface area contributed by atoms with E-state index in [2.05, 4.69) is 15.0 Å². The second-order valence-electron chi connectivity index (χ2n) is 12.2. The van der Waals surface area contributed by atoms with Crippen molar-refractivity contribution in [3.8, 4) is 11.5 Å². The van der Waals surface area contributed by atoms with E-state index in [9.17, 15) is 9.59 Å². The fourth-order valence-corrected chi connectivity index (χ4v) is 9.20. The summed E-state index contributed by atoms with van der Waals surface area (Å²) in [6.45, 7) is -1.44. The predicted molar refractivity (Wildman–Crippen MR) is 197 cm³/mol. The van der Waals surface area contributed by atoms with Gasteiger partial charge in [-0.3, -0.25) is 23.0 Å². The van der Waals surface area contributed by atoms with E-state index in [0.717, 1.165) is 16.7 Å². The summed E-state index contributed by atoms with van der Waals surface area (Å²) in [5.74, 6) is 1.39. The number of nitrogens with one attached hydrogen (secondary N) is 1. The molecule has 0 radical (unpaired) electrons. The van der Waals surface area contributed by atoms with Crippen LogP contribution in [-0.4, -0.2) is 61.2 Å². The molecule has 1 fully saturated rings. The fourth-order valence-electron chi connectivity index (χ4n) is 6.42. The van der Waals surface area contributed by atoms with E-state index < -0.39 is 41.9 Å². The lowest BCUT2D eigenvalue weighted by atomic mass is 9.80. The van der Waals surface area contributed by atoms with Crippen LogP contribution in [0.5, 0.6) is 11.5 Å². The van der Waals surface area contributed by atoms with Gasteiger partial charge in [0.1, 0.15) is 42.1 Å². The van der Waals surface area contributed by atoms with Gasteiger partial charge in [-0.1, -0.05) is 54.6 Å². The average Bonchev–Trinajstić information content (AvgIpc) is 3.99. The first-order valence-corrected chi connectivity index (χ1v) is 19.1. The van der Waals surface area contributed by atoms with Gasteiger partial charge in [0, 0.05) is 43.0 Å². The molecule has 0 unspecified atom stereocenters. The Labute approximate surface area is 304 Å². The molecule has 1 aliphatic rings. The topological polar surface area (TPSA) is 137 Å². The van der Waals surface area contributed by atoms with Crippen molar-refractivity contribution in [2.24, 2.45) is 0 Å². The molecule has 268 valence electrons. The lowest BCUT2D eigenvalue weighted by molar-refractivity contribution is -0.0911. The van der Waals surface area contributed by atoms with Crippen molar-refractivity contribution in [1.82, 2.24) is 28.2 Å². The summed E-state index contributed by atoms with van der Waals surface area (Å²) >= 11 is 6.28. The van der Waals surface area contributed by atoms with Crippen molar-refractivity contribution >= 4 is 18.4 Å². The molecular formula is C37H37N6O7PS. The Bertz CT molecular complexity index is 2180. The number of benzene rings is 3. The van der Waals surface area contributed by atoms with E-state index in [1.54, 1.807) is 67.3 Å². The minimum Gasteiger partial charge on any atom is -0.497 e. The SMILES string of the molecule is COc1ccc(C(OC[C@H]2O[C@@H](n3cc(C)c(=O)[nH]c3=O)C[C@@H]2OP(=S)(n2ccnc2)n2ccnc2)(c2ccccc2)c2ccc(OC)cc2)cc1. The number of H-pyrrole nitrogens is 1. The first-order valence-electron chi connectivity index (χ1n) is 16.5. The highest BCUT2D eigenvalue weighted by Gasteiger charge is 2.45. The standard InChI is InChI=1S/C37H37N6O7PS/c1-26-22-43(36(45)40-35(26)44)34-21-32(50-51(52,41-19-17-38-24-41)42-20-18-39-25-42)33(49-34)23-48-37(27-7-5-4-6-8-27,28-9-13-30(46-2)14-10-28)29-11-15-31(47-3)16-12-29/h4-20,22,24-25,32-34H,21,23H2,1-3H3,(H,40,44,45)/t32-,33+,34+/m0/s1. The number of rotatable bonds is 13. The van der Waals surface area contributed by atoms with Crippen LogP contribution >= 0.6 is 6.57 Å². The van der Waals surface area contributed by atoms with Crippen molar-refractivity contribution in [2.45, 2.75) is 37.4 Å². The maximum atomic E-state index is 13.1. The lowest BCUT2D eigenvalue weighted by Gasteiger charge is -2.37. The monoisotopic (exact) mass is 740 g/mol. The van der Waals surface area contributed by atoms with Crippen molar-refractivity contribution in [3.63, 3.8) is 0 Å². The van der Waals surface area contributed by atoms with Gasteiger partial charge >= 0.3 is 5.69 Å². The summed E-state index contributed by atoms with van der Waals surface area (Å²) in [5.41, 5.74) is 0.703. The maximum absolute atomic E-state index is 13.1. The van der Waals surface area contributed by atoms with Crippen molar-refractivity contribution in [2.75, 3.05) is 20.8 Å². The second kappa shape index (κ2) is 14.9. The zero-order valence-electron chi connectivity index (χ0n) is 28.6. The van der Waals surface area contributed by atoms with Crippen LogP contribution < -0.4 is 20.7 Å². The number of ether oxygens (including phenoxy) is 4. The molecule has 3 aromatic carbocycles. The highest BCUT2D eigenvalue weighted by atomic mass is 32.5. The molecule has 6 aromatic rings. The molecule has 0 bridgehead atoms. The summed E-state index contributed by atoms with van der Waals surface area (Å²) in [4.78, 5) is 36.3. The Balaban J connectivity index is 1.33. The van der Waals surface area contributed by atoms with Crippen molar-refractivity contribution < 1.29 is 23.5 Å². The number of aromatic nitrogens is 6. The van der Waals surface area contributed by atoms with Gasteiger partial charge in [-0.05, 0) is 59.7 Å². The second-order valence-corrected chi connectivity index (χ2v) is 15.7. The molecule has 0 amide bonds. The van der Waals surface area contributed by atoms with Crippen LogP contribution in [0.3, 0.4) is 0 Å². The molecule has 52 heavy (non-hydrogen) atoms. The summed E-state index contributed by atoms with van der Waals surface area (Å²) in [6.07, 6.45) is 9.51. The van der Waals surface area contributed by atoms with E-state index in [4.69, 9.17) is 35.3 Å². The molecule has 0 spiro atoms. The van der Waals surface area contributed by atoms with Gasteiger partial charge in [0.05, 0.1) is 26.9 Å². The van der Waals surface area contributed by atoms with Gasteiger partial charge in [-0.15, -0.1) is 0 Å². The molecule has 1 aliphatic heterocycles. The number of aromatic amines is 1. The number of nitrogens with zero attached hydrogens (tertiary/aromatic N) is 5. The van der Waals surface area contributed by atoms with Crippen LogP contribution in [0.1, 0.15) is 34.9 Å². The molecule has 1 saturated heterocycles. The summed E-state index contributed by atoms with van der Waals surface area (Å²) in [7, 11) is 3.25. The number of methoxy groups -OCH3 is 2. The van der Waals surface area contributed by atoms with E-state index in [-0.39, 0.29) is 13.0 Å². The average molecular weight is 741 g/mol. The first kappa shape index (κ1) is 35.3. The van der Waals surface area contributed by atoms with Gasteiger partial charge in [0.15, 0.2) is 0 Å². The number of aryl methyl sites for hydroxylation is 1. The molecular weight excluding hydrogens is 703 g/mol. The highest BCUT2D eigenvalue weighted by Crippen LogP contribution is 2.53. The molecule has 3 aromatic heterocycles. The normalized spacial score (nSPS) is 17.6. The molecule has 13 nitrogen and oxygen atoms in total. The Morgan fingerprint density at radius 3 is 1.94 bits per heavy atom. The third-order valence-corrected chi connectivity index (χ3v) is 12.7. The zero-order chi connectivity index (χ0) is 36.3. The largest absolute Gasteiger partial charge is 0.497 e. The van der Waals surface area contributed by atoms with Crippen molar-refractivity contribution in [1.29, 1.82) is 0 Å². The molecule has 0 aliphatic carbocycles. The van der Waals surface area contributed by atoms with Crippen LogP contribution in [0.2, 0.25) is 0 Å². The number of hydrogen-bond donors (Lipinski definition) is 1. The Morgan fingerprint density at radius 2 is 1.42 bits per heavy atom. The third-order valence-electron chi connectivity index (χ3n) is 9.11. The molecule has 7 rings (SSSR count). The quantitative estimate of drug-likeness (QED) is 0.123. The van der Waals surface area contributed by atoms with Gasteiger partial charge in [-0.2, -0.15) is 0 Å². The van der Waals surface area contributed by atoms with Crippen LogP contribution in [-0.2, 0) is 31.4 Å². The Hall–Kier alpha value is -5.11. The van der Waals surface area contributed by atoms with Crippen LogP contribution in [0, 0.1) is 6.92 Å². The lowest BCUT2D eigenvalue weighted by Crippen LogP contribution is -2.38. The molecule has 15 heteroatoms. The van der Waals surface area contributed by atoms with E-state index in [1.165, 1.54) is 10.8 Å². The third kappa shape index (κ3) is 6.67. The predicted octanol–water partition coefficient (Wildman–Crippen LogP) is 5.26. The van der Waals surface area contributed by atoms with Crippen LogP contribution in [0.15, 0.2) is 132 Å². The minimum atomic E-state index is -3.09. The Kier molecular flexibility index (Phi) is 10.1. The summed E-state index contributed by atoms with van der Waals surface area (Å²) in [5, 5.41) is 0. The smallest absolute Gasteiger partial charge is 0.330 e. The fraction of sp³-hybridized carbons (Fsp3) is 0.243. The van der Waals surface area contributed by atoms with E-state index in [1.807, 2.05) is 78.9 Å². The Morgan fingerprint density at radius 1 is 0.865 bits per heavy atom. The highest BCUT2D eigenvalue weighted by molar-refractivity contribution is 8.10. The molecule has 1 N–H and O–H groups in total.